The van der Waals surface area contributed by atoms with Crippen molar-refractivity contribution in [3.8, 4) is 0 Å². The number of carbonyl (C=O) groups excluding carboxylic acids is 2. The van der Waals surface area contributed by atoms with E-state index in [4.69, 9.17) is 5.73 Å². The van der Waals surface area contributed by atoms with Crippen LogP contribution in [0.4, 0.5) is 5.82 Å². The summed E-state index contributed by atoms with van der Waals surface area (Å²) in [5.41, 5.74) is 6.49. The Balaban J connectivity index is 2.24. The summed E-state index contributed by atoms with van der Waals surface area (Å²) in [5.74, 6) is -0.625. The van der Waals surface area contributed by atoms with Gasteiger partial charge in [0, 0.05) is 18.8 Å². The van der Waals surface area contributed by atoms with E-state index < -0.39 is 5.91 Å². The van der Waals surface area contributed by atoms with Crippen LogP contribution in [-0.2, 0) is 11.3 Å². The number of amides is 2. The van der Waals surface area contributed by atoms with E-state index in [1.54, 1.807) is 23.0 Å². The normalized spacial score (nSPS) is 10.3. The molecule has 2 aromatic rings. The first kappa shape index (κ1) is 14.7. The predicted octanol–water partition coefficient (Wildman–Crippen LogP) is 1.16. The number of aromatic nitrogens is 3. The second-order valence-corrected chi connectivity index (χ2v) is 4.59. The van der Waals surface area contributed by atoms with Crippen molar-refractivity contribution in [2.24, 2.45) is 5.73 Å². The van der Waals surface area contributed by atoms with Crippen LogP contribution in [0.3, 0.4) is 0 Å². The fourth-order valence-electron chi connectivity index (χ4n) is 1.96. The Morgan fingerprint density at radius 3 is 2.86 bits per heavy atom. The minimum absolute atomic E-state index is 0.184. The van der Waals surface area contributed by atoms with Gasteiger partial charge < -0.3 is 15.6 Å². The Kier molecular flexibility index (Phi) is 4.65. The van der Waals surface area contributed by atoms with Crippen molar-refractivity contribution < 1.29 is 9.59 Å². The second-order valence-electron chi connectivity index (χ2n) is 4.59. The minimum atomic E-state index is -0.636. The smallest absolute Gasteiger partial charge is 0.269 e. The summed E-state index contributed by atoms with van der Waals surface area (Å²) in [6.07, 6.45) is 5.93. The number of nitrogens with two attached hydrogens (primary N) is 1. The molecular weight excluding hydrogens is 270 g/mol. The summed E-state index contributed by atoms with van der Waals surface area (Å²) in [7, 11) is 0. The number of carbonyl (C=O) groups is 2. The van der Waals surface area contributed by atoms with E-state index in [9.17, 15) is 9.59 Å². The van der Waals surface area contributed by atoms with Gasteiger partial charge in [-0.2, -0.15) is 0 Å². The van der Waals surface area contributed by atoms with Crippen LogP contribution in [0.25, 0.3) is 0 Å². The minimum Gasteiger partial charge on any atom is -0.364 e. The average molecular weight is 287 g/mol. The molecule has 0 fully saturated rings. The molecule has 2 rings (SSSR count). The number of primary amides is 1. The van der Waals surface area contributed by atoms with Crippen molar-refractivity contribution >= 4 is 17.6 Å². The molecule has 2 heterocycles. The Morgan fingerprint density at radius 1 is 1.43 bits per heavy atom. The van der Waals surface area contributed by atoms with Crippen LogP contribution in [-0.4, -0.2) is 26.3 Å². The highest BCUT2D eigenvalue weighted by Crippen LogP contribution is 2.15. The largest absolute Gasteiger partial charge is 0.364 e. The van der Waals surface area contributed by atoms with Gasteiger partial charge >= 0.3 is 0 Å². The molecule has 2 amide bonds. The highest BCUT2D eigenvalue weighted by Gasteiger charge is 2.18. The van der Waals surface area contributed by atoms with E-state index in [1.165, 1.54) is 6.33 Å². The fourth-order valence-corrected chi connectivity index (χ4v) is 1.96. The molecule has 0 spiro atoms. The number of nitrogens with one attached hydrogen (secondary N) is 1. The maximum absolute atomic E-state index is 11.6. The van der Waals surface area contributed by atoms with Crippen LogP contribution in [0.15, 0.2) is 30.9 Å². The van der Waals surface area contributed by atoms with Crippen molar-refractivity contribution in [2.45, 2.75) is 26.3 Å². The zero-order chi connectivity index (χ0) is 15.2. The highest BCUT2D eigenvalue weighted by molar-refractivity contribution is 6.00. The number of nitrogens with zero attached hydrogens (tertiary/aromatic N) is 3. The van der Waals surface area contributed by atoms with E-state index in [-0.39, 0.29) is 17.4 Å². The van der Waals surface area contributed by atoms with E-state index in [1.807, 2.05) is 13.0 Å². The lowest BCUT2D eigenvalue weighted by Gasteiger charge is -2.07. The molecule has 0 saturated heterocycles. The van der Waals surface area contributed by atoms with E-state index in [0.29, 0.717) is 19.4 Å². The molecule has 21 heavy (non-hydrogen) atoms. The van der Waals surface area contributed by atoms with Gasteiger partial charge in [0.15, 0.2) is 11.5 Å². The summed E-state index contributed by atoms with van der Waals surface area (Å²) >= 11 is 0. The number of pyridine rings is 1. The molecule has 0 unspecified atom stereocenters. The van der Waals surface area contributed by atoms with E-state index >= 15 is 0 Å². The van der Waals surface area contributed by atoms with Crippen LogP contribution in [0.2, 0.25) is 0 Å². The summed E-state index contributed by atoms with van der Waals surface area (Å²) in [6, 6.07) is 3.69. The van der Waals surface area contributed by atoms with Crippen LogP contribution in [0, 0.1) is 0 Å². The fraction of sp³-hybridized carbons (Fsp3) is 0.286. The number of anilines is 1. The van der Waals surface area contributed by atoms with Crippen LogP contribution < -0.4 is 11.1 Å². The maximum Gasteiger partial charge on any atom is 0.269 e. The highest BCUT2D eigenvalue weighted by atomic mass is 16.2. The van der Waals surface area contributed by atoms with Gasteiger partial charge in [-0.3, -0.25) is 14.6 Å². The lowest BCUT2D eigenvalue weighted by Crippen LogP contribution is -2.21. The van der Waals surface area contributed by atoms with Gasteiger partial charge in [-0.05, 0) is 18.1 Å². The number of hydrogen-bond donors (Lipinski definition) is 2. The SMILES string of the molecule is CCCC(=O)Nc1ncn(Cc2cccnc2)c1C(N)=O. The first-order chi connectivity index (χ1) is 10.1. The van der Waals surface area contributed by atoms with Crippen molar-refractivity contribution in [3.63, 3.8) is 0 Å². The third-order valence-electron chi connectivity index (χ3n) is 2.88. The first-order valence-electron chi connectivity index (χ1n) is 6.65. The topological polar surface area (TPSA) is 103 Å². The molecule has 0 aliphatic rings. The third kappa shape index (κ3) is 3.65. The third-order valence-corrected chi connectivity index (χ3v) is 2.88. The molecule has 0 aromatic carbocycles. The van der Waals surface area contributed by atoms with Gasteiger partial charge in [-0.25, -0.2) is 4.98 Å². The lowest BCUT2D eigenvalue weighted by atomic mass is 10.2. The van der Waals surface area contributed by atoms with Gasteiger partial charge in [0.25, 0.3) is 5.91 Å². The zero-order valence-corrected chi connectivity index (χ0v) is 11.7. The lowest BCUT2D eigenvalue weighted by molar-refractivity contribution is -0.116. The monoisotopic (exact) mass is 287 g/mol. The maximum atomic E-state index is 11.6. The van der Waals surface area contributed by atoms with Crippen molar-refractivity contribution in [1.29, 1.82) is 0 Å². The average Bonchev–Trinajstić information content (AvgIpc) is 2.82. The molecular formula is C14H17N5O2. The molecule has 0 atom stereocenters. The Hall–Kier alpha value is -2.70. The quantitative estimate of drug-likeness (QED) is 0.832. The molecule has 0 saturated carbocycles. The molecule has 3 N–H and O–H groups in total. The zero-order valence-electron chi connectivity index (χ0n) is 11.7. The molecule has 0 aliphatic carbocycles. The Morgan fingerprint density at radius 2 is 2.24 bits per heavy atom. The van der Waals surface area contributed by atoms with Gasteiger partial charge in [0.05, 0.1) is 12.9 Å². The van der Waals surface area contributed by atoms with Gasteiger partial charge in [-0.1, -0.05) is 13.0 Å². The van der Waals surface area contributed by atoms with Crippen molar-refractivity contribution in [3.05, 3.63) is 42.1 Å². The van der Waals surface area contributed by atoms with E-state index in [2.05, 4.69) is 15.3 Å². The Labute approximate surface area is 122 Å². The van der Waals surface area contributed by atoms with Crippen molar-refractivity contribution in [2.75, 3.05) is 5.32 Å². The predicted molar refractivity (Wildman–Crippen MR) is 77.6 cm³/mol. The molecule has 0 aliphatic heterocycles. The summed E-state index contributed by atoms with van der Waals surface area (Å²) < 4.78 is 1.60. The standard InChI is InChI=1S/C14H17N5O2/c1-2-4-11(20)18-14-12(13(15)21)19(9-17-14)8-10-5-3-6-16-7-10/h3,5-7,9H,2,4,8H2,1H3,(H2,15,21)(H,18,20). The van der Waals surface area contributed by atoms with Crippen LogP contribution >= 0.6 is 0 Å². The molecule has 0 radical (unpaired) electrons. The van der Waals surface area contributed by atoms with Gasteiger partial charge in [-0.15, -0.1) is 0 Å². The molecule has 7 heteroatoms. The summed E-state index contributed by atoms with van der Waals surface area (Å²) in [6.45, 7) is 2.30. The van der Waals surface area contributed by atoms with Crippen LogP contribution in [0.5, 0.6) is 0 Å². The van der Waals surface area contributed by atoms with Crippen molar-refractivity contribution in [1.82, 2.24) is 14.5 Å². The number of hydrogen-bond acceptors (Lipinski definition) is 4. The van der Waals surface area contributed by atoms with Gasteiger partial charge in [0.1, 0.15) is 0 Å². The molecule has 110 valence electrons. The molecule has 2 aromatic heterocycles. The second kappa shape index (κ2) is 6.65. The molecule has 0 bridgehead atoms. The number of imidazole rings is 1. The summed E-state index contributed by atoms with van der Waals surface area (Å²) in [5, 5.41) is 2.61. The Bertz CT molecular complexity index is 636. The van der Waals surface area contributed by atoms with E-state index in [0.717, 1.165) is 5.56 Å². The summed E-state index contributed by atoms with van der Waals surface area (Å²) in [4.78, 5) is 31.3. The first-order valence-corrected chi connectivity index (χ1v) is 6.65. The number of rotatable bonds is 6. The van der Waals surface area contributed by atoms with Crippen LogP contribution in [0.1, 0.15) is 35.8 Å². The van der Waals surface area contributed by atoms with Gasteiger partial charge in [0.2, 0.25) is 5.91 Å². The molecule has 7 nitrogen and oxygen atoms in total.